The maximum atomic E-state index is 12.7. The van der Waals surface area contributed by atoms with Crippen LogP contribution in [0.15, 0.2) is 78.9 Å². The summed E-state index contributed by atoms with van der Waals surface area (Å²) in [5.74, 6) is 0.856. The first-order valence-electron chi connectivity index (χ1n) is 9.20. The van der Waals surface area contributed by atoms with E-state index in [0.717, 1.165) is 16.9 Å². The Labute approximate surface area is 173 Å². The van der Waals surface area contributed by atoms with Gasteiger partial charge >= 0.3 is 0 Å². The molecule has 4 rings (SSSR count). The van der Waals surface area contributed by atoms with E-state index >= 15 is 0 Å². The molecular formula is C23H20N2O3S. The number of benzene rings is 3. The number of hydrogen-bond acceptors (Lipinski definition) is 4. The van der Waals surface area contributed by atoms with Crippen LogP contribution in [0.2, 0.25) is 0 Å². The molecule has 1 fully saturated rings. The lowest BCUT2D eigenvalue weighted by molar-refractivity contribution is -0.115. The van der Waals surface area contributed by atoms with Crippen molar-refractivity contribution in [1.82, 2.24) is 0 Å². The lowest BCUT2D eigenvalue weighted by Gasteiger charge is -2.26. The third-order valence-electron chi connectivity index (χ3n) is 4.68. The molecule has 1 N–H and O–H groups in total. The maximum Gasteiger partial charge on any atom is 0.255 e. The van der Waals surface area contributed by atoms with E-state index < -0.39 is 0 Å². The van der Waals surface area contributed by atoms with E-state index in [1.165, 1.54) is 11.8 Å². The van der Waals surface area contributed by atoms with Crippen LogP contribution in [0.25, 0.3) is 0 Å². The molecule has 2 amide bonds. The van der Waals surface area contributed by atoms with E-state index in [1.807, 2.05) is 72.8 Å². The smallest absolute Gasteiger partial charge is 0.255 e. The molecule has 1 aliphatic rings. The molecule has 1 aliphatic heterocycles. The number of thioether (sulfide) groups is 1. The zero-order valence-corrected chi connectivity index (χ0v) is 16.7. The van der Waals surface area contributed by atoms with Gasteiger partial charge in [-0.3, -0.25) is 14.5 Å². The Morgan fingerprint density at radius 2 is 1.79 bits per heavy atom. The predicted molar refractivity (Wildman–Crippen MR) is 117 cm³/mol. The molecule has 0 radical (unpaired) electrons. The van der Waals surface area contributed by atoms with Crippen molar-refractivity contribution in [2.75, 3.05) is 23.1 Å². The van der Waals surface area contributed by atoms with E-state index in [-0.39, 0.29) is 17.2 Å². The van der Waals surface area contributed by atoms with Crippen LogP contribution in [-0.4, -0.2) is 24.7 Å². The Morgan fingerprint density at radius 1 is 1.03 bits per heavy atom. The van der Waals surface area contributed by atoms with Crippen molar-refractivity contribution in [1.29, 1.82) is 0 Å². The van der Waals surface area contributed by atoms with E-state index in [9.17, 15) is 9.59 Å². The predicted octanol–water partition coefficient (Wildman–Crippen LogP) is 4.73. The Balaban J connectivity index is 1.63. The summed E-state index contributed by atoms with van der Waals surface area (Å²) in [6.45, 7) is 0. The average molecular weight is 404 g/mol. The Hall–Kier alpha value is -3.25. The summed E-state index contributed by atoms with van der Waals surface area (Å²) in [4.78, 5) is 27.1. The van der Waals surface area contributed by atoms with E-state index in [1.54, 1.807) is 18.1 Å². The molecule has 0 bridgehead atoms. The Bertz CT molecular complexity index is 1040. The number of anilines is 2. The van der Waals surface area contributed by atoms with Gasteiger partial charge in [-0.05, 0) is 42.0 Å². The van der Waals surface area contributed by atoms with E-state index in [4.69, 9.17) is 4.74 Å². The van der Waals surface area contributed by atoms with Crippen LogP contribution in [0.1, 0.15) is 21.3 Å². The topological polar surface area (TPSA) is 58.6 Å². The number of amides is 2. The molecule has 29 heavy (non-hydrogen) atoms. The molecular weight excluding hydrogens is 384 g/mol. The number of carbonyl (C=O) groups excluding carboxylic acids is 2. The first kappa shape index (κ1) is 19.1. The summed E-state index contributed by atoms with van der Waals surface area (Å²) in [6.07, 6.45) is 0. The second-order valence-corrected chi connectivity index (χ2v) is 7.61. The van der Waals surface area contributed by atoms with Crippen molar-refractivity contribution in [2.45, 2.75) is 5.37 Å². The zero-order valence-electron chi connectivity index (χ0n) is 15.9. The van der Waals surface area contributed by atoms with Crippen molar-refractivity contribution in [3.05, 3.63) is 90.0 Å². The fraction of sp³-hybridized carbons (Fsp3) is 0.130. The van der Waals surface area contributed by atoms with Gasteiger partial charge in [0, 0.05) is 11.3 Å². The number of hydrogen-bond donors (Lipinski definition) is 1. The molecule has 146 valence electrons. The van der Waals surface area contributed by atoms with Crippen LogP contribution in [0.4, 0.5) is 11.4 Å². The van der Waals surface area contributed by atoms with E-state index in [0.29, 0.717) is 17.1 Å². The fourth-order valence-corrected chi connectivity index (χ4v) is 4.48. The van der Waals surface area contributed by atoms with Gasteiger partial charge in [0.15, 0.2) is 0 Å². The van der Waals surface area contributed by atoms with Gasteiger partial charge in [0.25, 0.3) is 5.91 Å². The van der Waals surface area contributed by atoms with Crippen molar-refractivity contribution in [3.8, 4) is 5.75 Å². The van der Waals surface area contributed by atoms with Gasteiger partial charge in [0.2, 0.25) is 5.91 Å². The Kier molecular flexibility index (Phi) is 5.53. The van der Waals surface area contributed by atoms with Gasteiger partial charge in [-0.15, -0.1) is 11.8 Å². The summed E-state index contributed by atoms with van der Waals surface area (Å²) in [7, 11) is 1.59. The molecule has 0 aliphatic carbocycles. The lowest BCUT2D eigenvalue weighted by atomic mass is 10.1. The number of para-hydroxylation sites is 3. The van der Waals surface area contributed by atoms with Gasteiger partial charge in [-0.2, -0.15) is 0 Å². The minimum absolute atomic E-state index is 0.0173. The van der Waals surface area contributed by atoms with Crippen molar-refractivity contribution in [3.63, 3.8) is 0 Å². The number of methoxy groups -OCH3 is 1. The lowest BCUT2D eigenvalue weighted by Crippen LogP contribution is -2.28. The molecule has 5 nitrogen and oxygen atoms in total. The molecule has 1 saturated heterocycles. The summed E-state index contributed by atoms with van der Waals surface area (Å²) < 4.78 is 5.45. The number of rotatable bonds is 5. The van der Waals surface area contributed by atoms with Crippen LogP contribution < -0.4 is 15.0 Å². The summed E-state index contributed by atoms with van der Waals surface area (Å²) in [6, 6.07) is 24.2. The second kappa shape index (κ2) is 8.41. The van der Waals surface area contributed by atoms with Crippen molar-refractivity contribution in [2.24, 2.45) is 0 Å². The van der Waals surface area contributed by atoms with Gasteiger partial charge in [0.1, 0.15) is 11.1 Å². The number of nitrogens with one attached hydrogen (secondary N) is 1. The van der Waals surface area contributed by atoms with Crippen LogP contribution in [0.3, 0.4) is 0 Å². The SMILES string of the molecule is COc1ccccc1N1C(=O)CSC1c1cccc(C(=O)Nc2ccccc2)c1. The molecule has 0 spiro atoms. The summed E-state index contributed by atoms with van der Waals surface area (Å²) in [5, 5.41) is 2.68. The van der Waals surface area contributed by atoms with Crippen molar-refractivity contribution >= 4 is 35.0 Å². The highest BCUT2D eigenvalue weighted by Crippen LogP contribution is 2.44. The molecule has 1 heterocycles. The summed E-state index contributed by atoms with van der Waals surface area (Å²) in [5.41, 5.74) is 2.91. The third-order valence-corrected chi connectivity index (χ3v) is 5.89. The highest BCUT2D eigenvalue weighted by atomic mass is 32.2. The molecule has 6 heteroatoms. The molecule has 0 saturated carbocycles. The molecule has 1 unspecified atom stereocenters. The van der Waals surface area contributed by atoms with Gasteiger partial charge in [-0.1, -0.05) is 42.5 Å². The number of nitrogens with zero attached hydrogens (tertiary/aromatic N) is 1. The van der Waals surface area contributed by atoms with E-state index in [2.05, 4.69) is 5.32 Å². The quantitative estimate of drug-likeness (QED) is 0.668. The molecule has 1 atom stereocenters. The average Bonchev–Trinajstić information content (AvgIpc) is 3.15. The normalized spacial score (nSPS) is 16.0. The molecule has 0 aromatic heterocycles. The highest BCUT2D eigenvalue weighted by molar-refractivity contribution is 8.00. The Morgan fingerprint density at radius 3 is 2.59 bits per heavy atom. The van der Waals surface area contributed by atoms with Crippen LogP contribution in [0, 0.1) is 0 Å². The fourth-order valence-electron chi connectivity index (χ4n) is 3.32. The van der Waals surface area contributed by atoms with Gasteiger partial charge in [0.05, 0.1) is 18.6 Å². The zero-order chi connectivity index (χ0) is 20.2. The van der Waals surface area contributed by atoms with Crippen LogP contribution in [0.5, 0.6) is 5.75 Å². The number of carbonyl (C=O) groups is 2. The molecule has 3 aromatic carbocycles. The largest absolute Gasteiger partial charge is 0.495 e. The first-order chi connectivity index (χ1) is 14.2. The first-order valence-corrected chi connectivity index (χ1v) is 10.3. The van der Waals surface area contributed by atoms with Crippen LogP contribution in [-0.2, 0) is 4.79 Å². The highest BCUT2D eigenvalue weighted by Gasteiger charge is 2.35. The maximum absolute atomic E-state index is 12.7. The minimum Gasteiger partial charge on any atom is -0.495 e. The molecule has 3 aromatic rings. The third kappa shape index (κ3) is 3.98. The summed E-state index contributed by atoms with van der Waals surface area (Å²) >= 11 is 1.54. The standard InChI is InChI=1S/C23H20N2O3S/c1-28-20-13-6-5-12-19(20)25-21(26)15-29-23(25)17-9-7-8-16(14-17)22(27)24-18-10-3-2-4-11-18/h2-14,23H,15H2,1H3,(H,24,27). The minimum atomic E-state index is -0.219. The number of ether oxygens (including phenoxy) is 1. The second-order valence-electron chi connectivity index (χ2n) is 6.54. The van der Waals surface area contributed by atoms with Gasteiger partial charge < -0.3 is 10.1 Å². The van der Waals surface area contributed by atoms with Gasteiger partial charge in [-0.25, -0.2) is 0 Å². The monoisotopic (exact) mass is 404 g/mol. The van der Waals surface area contributed by atoms with Crippen molar-refractivity contribution < 1.29 is 14.3 Å². The van der Waals surface area contributed by atoms with Crippen LogP contribution >= 0.6 is 11.8 Å².